The van der Waals surface area contributed by atoms with Gasteiger partial charge in [-0.1, -0.05) is 31.9 Å². The highest BCUT2D eigenvalue weighted by Crippen LogP contribution is 2.26. The Hall–Kier alpha value is -2.21. The molecular formula is C21H28N2O4. The fraction of sp³-hybridized carbons (Fsp3) is 0.571. The summed E-state index contributed by atoms with van der Waals surface area (Å²) < 4.78 is 6.05. The van der Waals surface area contributed by atoms with Gasteiger partial charge >= 0.3 is 0 Å². The molecule has 27 heavy (non-hydrogen) atoms. The molecule has 3 atom stereocenters. The van der Waals surface area contributed by atoms with Crippen LogP contribution in [0.5, 0.6) is 0 Å². The van der Waals surface area contributed by atoms with Crippen molar-refractivity contribution in [2.24, 2.45) is 5.92 Å². The lowest BCUT2D eigenvalue weighted by Gasteiger charge is -2.26. The molecule has 1 heterocycles. The third-order valence-electron chi connectivity index (χ3n) is 5.43. The fourth-order valence-corrected chi connectivity index (χ4v) is 3.87. The van der Waals surface area contributed by atoms with E-state index in [1.54, 1.807) is 13.0 Å². The van der Waals surface area contributed by atoms with E-state index in [2.05, 4.69) is 12.2 Å². The molecule has 1 N–H and O–H groups in total. The minimum atomic E-state index is -0.809. The molecule has 0 bridgehead atoms. The van der Waals surface area contributed by atoms with Crippen LogP contribution in [0.1, 0.15) is 57.9 Å². The Morgan fingerprint density at radius 1 is 1.26 bits per heavy atom. The highest BCUT2D eigenvalue weighted by Gasteiger charge is 2.36. The summed E-state index contributed by atoms with van der Waals surface area (Å²) in [5.41, 5.74) is 1.64. The maximum Gasteiger partial charge on any atom is 0.247 e. The molecule has 1 aliphatic heterocycles. The van der Waals surface area contributed by atoms with Crippen LogP contribution in [-0.2, 0) is 25.7 Å². The number of hydrogen-bond acceptors (Lipinski definition) is 4. The summed E-state index contributed by atoms with van der Waals surface area (Å²) in [4.78, 5) is 37.1. The van der Waals surface area contributed by atoms with E-state index < -0.39 is 6.04 Å². The van der Waals surface area contributed by atoms with Crippen LogP contribution in [0.4, 0.5) is 5.69 Å². The molecule has 3 rings (SSSR count). The van der Waals surface area contributed by atoms with Gasteiger partial charge in [-0.25, -0.2) is 0 Å². The molecule has 0 aromatic heterocycles. The maximum atomic E-state index is 12.5. The zero-order valence-electron chi connectivity index (χ0n) is 16.1. The van der Waals surface area contributed by atoms with Crippen LogP contribution in [0.3, 0.4) is 0 Å². The third kappa shape index (κ3) is 4.95. The van der Waals surface area contributed by atoms with Crippen molar-refractivity contribution in [1.29, 1.82) is 0 Å². The Balaban J connectivity index is 1.56. The SMILES string of the molecule is C[C@@H]1CCC[C@@H](OCc2cccc(NC(=O)[C@H](C)N3C(=O)CCC3=O)c2)C1. The van der Waals surface area contributed by atoms with Crippen molar-refractivity contribution in [1.82, 2.24) is 4.90 Å². The number of imide groups is 1. The van der Waals surface area contributed by atoms with Gasteiger partial charge in [-0.15, -0.1) is 0 Å². The van der Waals surface area contributed by atoms with Crippen LogP contribution in [-0.4, -0.2) is 34.8 Å². The number of amides is 3. The number of likely N-dealkylation sites (tertiary alicyclic amines) is 1. The summed E-state index contributed by atoms with van der Waals surface area (Å²) >= 11 is 0. The number of hydrogen-bond donors (Lipinski definition) is 1. The number of anilines is 1. The van der Waals surface area contributed by atoms with Crippen molar-refractivity contribution < 1.29 is 19.1 Å². The Morgan fingerprint density at radius 3 is 2.70 bits per heavy atom. The van der Waals surface area contributed by atoms with E-state index in [1.807, 2.05) is 18.2 Å². The van der Waals surface area contributed by atoms with E-state index in [9.17, 15) is 14.4 Å². The summed E-state index contributed by atoms with van der Waals surface area (Å²) in [5, 5.41) is 2.80. The first-order chi connectivity index (χ1) is 12.9. The zero-order valence-corrected chi connectivity index (χ0v) is 16.1. The minimum absolute atomic E-state index is 0.184. The number of nitrogens with zero attached hydrogens (tertiary/aromatic N) is 1. The normalized spacial score (nSPS) is 24.1. The maximum absolute atomic E-state index is 12.5. The lowest BCUT2D eigenvalue weighted by Crippen LogP contribution is -2.44. The van der Waals surface area contributed by atoms with Crippen molar-refractivity contribution in [2.75, 3.05) is 5.32 Å². The van der Waals surface area contributed by atoms with Crippen LogP contribution >= 0.6 is 0 Å². The Morgan fingerprint density at radius 2 is 2.00 bits per heavy atom. The highest BCUT2D eigenvalue weighted by molar-refractivity contribution is 6.07. The number of nitrogens with one attached hydrogen (secondary N) is 1. The summed E-state index contributed by atoms with van der Waals surface area (Å²) in [6.45, 7) is 4.36. The van der Waals surface area contributed by atoms with Gasteiger partial charge in [-0.05, 0) is 43.4 Å². The average Bonchev–Trinajstić information content (AvgIpc) is 2.98. The minimum Gasteiger partial charge on any atom is -0.374 e. The second-order valence-corrected chi connectivity index (χ2v) is 7.73. The average molecular weight is 372 g/mol. The summed E-state index contributed by atoms with van der Waals surface area (Å²) in [6, 6.07) is 6.71. The predicted molar refractivity (Wildman–Crippen MR) is 102 cm³/mol. The molecule has 146 valence electrons. The molecule has 1 saturated carbocycles. The Labute approximate surface area is 160 Å². The number of carbonyl (C=O) groups excluding carboxylic acids is 3. The molecule has 1 aromatic rings. The molecule has 0 spiro atoms. The first-order valence-corrected chi connectivity index (χ1v) is 9.80. The first-order valence-electron chi connectivity index (χ1n) is 9.80. The second-order valence-electron chi connectivity index (χ2n) is 7.73. The van der Waals surface area contributed by atoms with Gasteiger partial charge in [-0.2, -0.15) is 0 Å². The monoisotopic (exact) mass is 372 g/mol. The van der Waals surface area contributed by atoms with Crippen LogP contribution < -0.4 is 5.32 Å². The molecule has 6 heteroatoms. The van der Waals surface area contributed by atoms with Gasteiger partial charge < -0.3 is 10.1 Å². The molecule has 0 radical (unpaired) electrons. The number of rotatable bonds is 6. The second kappa shape index (κ2) is 8.65. The molecule has 3 amide bonds. The molecule has 2 fully saturated rings. The van der Waals surface area contributed by atoms with E-state index in [-0.39, 0.29) is 30.6 Å². The van der Waals surface area contributed by atoms with Crippen molar-refractivity contribution in [3.05, 3.63) is 29.8 Å². The molecular weight excluding hydrogens is 344 g/mol. The smallest absolute Gasteiger partial charge is 0.247 e. The van der Waals surface area contributed by atoms with Crippen LogP contribution in [0.15, 0.2) is 24.3 Å². The summed E-state index contributed by atoms with van der Waals surface area (Å²) in [5.74, 6) is -0.220. The van der Waals surface area contributed by atoms with Crippen molar-refractivity contribution >= 4 is 23.4 Å². The van der Waals surface area contributed by atoms with Crippen molar-refractivity contribution in [3.8, 4) is 0 Å². The van der Waals surface area contributed by atoms with Crippen molar-refractivity contribution in [3.63, 3.8) is 0 Å². The molecule has 1 saturated heterocycles. The quantitative estimate of drug-likeness (QED) is 0.778. The number of benzene rings is 1. The molecule has 1 aliphatic carbocycles. The first kappa shape index (κ1) is 19.5. The lowest BCUT2D eigenvalue weighted by atomic mass is 9.89. The zero-order chi connectivity index (χ0) is 19.4. The van der Waals surface area contributed by atoms with Gasteiger partial charge in [0.05, 0.1) is 12.7 Å². The number of carbonyl (C=O) groups is 3. The third-order valence-corrected chi connectivity index (χ3v) is 5.43. The number of ether oxygens (including phenoxy) is 1. The summed E-state index contributed by atoms with van der Waals surface area (Å²) in [6.07, 6.45) is 5.38. The molecule has 6 nitrogen and oxygen atoms in total. The van der Waals surface area contributed by atoms with Gasteiger partial charge in [0, 0.05) is 18.5 Å². The van der Waals surface area contributed by atoms with Crippen LogP contribution in [0.25, 0.3) is 0 Å². The van der Waals surface area contributed by atoms with E-state index in [4.69, 9.17) is 4.74 Å². The Bertz CT molecular complexity index is 702. The standard InChI is InChI=1S/C21H28N2O4/c1-14-5-3-8-18(11-14)27-13-16-6-4-7-17(12-16)22-21(26)15(2)23-19(24)9-10-20(23)25/h4,6-7,12,14-15,18H,3,5,8-11,13H2,1-2H3,(H,22,26)/t14-,15+,18-/m1/s1. The van der Waals surface area contributed by atoms with E-state index in [1.165, 1.54) is 12.8 Å². The lowest BCUT2D eigenvalue weighted by molar-refractivity contribution is -0.144. The van der Waals surface area contributed by atoms with Crippen LogP contribution in [0, 0.1) is 5.92 Å². The van der Waals surface area contributed by atoms with Crippen LogP contribution in [0.2, 0.25) is 0 Å². The molecule has 2 aliphatic rings. The van der Waals surface area contributed by atoms with E-state index in [0.29, 0.717) is 24.3 Å². The molecule has 0 unspecified atom stereocenters. The van der Waals surface area contributed by atoms with E-state index in [0.717, 1.165) is 23.3 Å². The van der Waals surface area contributed by atoms with E-state index >= 15 is 0 Å². The van der Waals surface area contributed by atoms with Gasteiger partial charge in [0.15, 0.2) is 0 Å². The topological polar surface area (TPSA) is 75.7 Å². The van der Waals surface area contributed by atoms with Gasteiger partial charge in [0.2, 0.25) is 17.7 Å². The fourth-order valence-electron chi connectivity index (χ4n) is 3.87. The van der Waals surface area contributed by atoms with Crippen molar-refractivity contribution in [2.45, 2.75) is 71.1 Å². The largest absolute Gasteiger partial charge is 0.374 e. The van der Waals surface area contributed by atoms with Gasteiger partial charge in [0.1, 0.15) is 6.04 Å². The highest BCUT2D eigenvalue weighted by atomic mass is 16.5. The Kier molecular flexibility index (Phi) is 6.26. The molecule has 1 aromatic carbocycles. The van der Waals surface area contributed by atoms with Gasteiger partial charge in [0.25, 0.3) is 0 Å². The predicted octanol–water partition coefficient (Wildman–Crippen LogP) is 3.26. The summed E-state index contributed by atoms with van der Waals surface area (Å²) in [7, 11) is 0. The van der Waals surface area contributed by atoms with Gasteiger partial charge in [-0.3, -0.25) is 19.3 Å².